The van der Waals surface area contributed by atoms with Gasteiger partial charge in [-0.15, -0.1) is 0 Å². The number of amides is 2. The molecule has 1 N–H and O–H groups in total. The van der Waals surface area contributed by atoms with Gasteiger partial charge in [-0.25, -0.2) is 0 Å². The molecule has 0 saturated carbocycles. The highest BCUT2D eigenvalue weighted by Gasteiger charge is 2.29. The second-order valence-electron chi connectivity index (χ2n) is 6.57. The van der Waals surface area contributed by atoms with Gasteiger partial charge < -0.3 is 14.8 Å². The van der Waals surface area contributed by atoms with Crippen LogP contribution in [-0.4, -0.2) is 53.8 Å². The van der Waals surface area contributed by atoms with Gasteiger partial charge in [-0.3, -0.25) is 9.59 Å². The van der Waals surface area contributed by atoms with Gasteiger partial charge >= 0.3 is 0 Å². The first-order valence-corrected chi connectivity index (χ1v) is 8.05. The first kappa shape index (κ1) is 15.6. The van der Waals surface area contributed by atoms with E-state index >= 15 is 0 Å². The minimum absolute atomic E-state index is 0.0228. The third-order valence-corrected chi connectivity index (χ3v) is 4.58. The average molecular weight is 313 g/mol. The summed E-state index contributed by atoms with van der Waals surface area (Å²) in [5.41, 5.74) is 2.79. The van der Waals surface area contributed by atoms with E-state index in [1.165, 1.54) is 5.56 Å². The van der Waals surface area contributed by atoms with Crippen molar-refractivity contribution in [2.45, 2.75) is 19.8 Å². The Morgan fingerprint density at radius 3 is 2.52 bits per heavy atom. The Labute approximate surface area is 136 Å². The van der Waals surface area contributed by atoms with Crippen LogP contribution in [0.5, 0.6) is 0 Å². The van der Waals surface area contributed by atoms with E-state index in [0.29, 0.717) is 18.8 Å². The Bertz CT molecular complexity index is 740. The average Bonchev–Trinajstić information content (AvgIpc) is 2.96. The summed E-state index contributed by atoms with van der Waals surface area (Å²) in [5, 5.41) is 1.05. The highest BCUT2D eigenvalue weighted by atomic mass is 16.2. The Kier molecular flexibility index (Phi) is 4.11. The lowest BCUT2D eigenvalue weighted by atomic mass is 9.95. The summed E-state index contributed by atoms with van der Waals surface area (Å²) in [6, 6.07) is 8.03. The molecule has 0 spiro atoms. The van der Waals surface area contributed by atoms with Crippen LogP contribution in [-0.2, 0) is 4.79 Å². The fourth-order valence-corrected chi connectivity index (χ4v) is 3.22. The molecular formula is C18H23N3O2. The Morgan fingerprint density at radius 2 is 1.87 bits per heavy atom. The van der Waals surface area contributed by atoms with Crippen molar-refractivity contribution in [3.05, 3.63) is 35.5 Å². The lowest BCUT2D eigenvalue weighted by Gasteiger charge is -2.32. The van der Waals surface area contributed by atoms with Crippen LogP contribution in [0.3, 0.4) is 0 Å². The number of aromatic amines is 1. The van der Waals surface area contributed by atoms with E-state index in [9.17, 15) is 9.59 Å². The smallest absolute Gasteiger partial charge is 0.270 e. The zero-order chi connectivity index (χ0) is 16.6. The summed E-state index contributed by atoms with van der Waals surface area (Å²) < 4.78 is 0. The number of nitrogens with zero attached hydrogens (tertiary/aromatic N) is 2. The predicted molar refractivity (Wildman–Crippen MR) is 90.4 cm³/mol. The topological polar surface area (TPSA) is 56.4 Å². The summed E-state index contributed by atoms with van der Waals surface area (Å²) in [6.07, 6.45) is 1.48. The van der Waals surface area contributed by atoms with Crippen molar-refractivity contribution in [3.8, 4) is 0 Å². The van der Waals surface area contributed by atoms with Crippen LogP contribution in [0.4, 0.5) is 0 Å². The van der Waals surface area contributed by atoms with Crippen molar-refractivity contribution < 1.29 is 9.59 Å². The van der Waals surface area contributed by atoms with Crippen LogP contribution < -0.4 is 0 Å². The van der Waals surface area contributed by atoms with Crippen molar-refractivity contribution in [1.82, 2.24) is 14.8 Å². The molecule has 1 aliphatic rings. The maximum atomic E-state index is 12.7. The molecule has 122 valence electrons. The van der Waals surface area contributed by atoms with E-state index in [4.69, 9.17) is 0 Å². The number of carbonyl (C=O) groups is 2. The molecule has 0 bridgehead atoms. The van der Waals surface area contributed by atoms with Gasteiger partial charge in [0.2, 0.25) is 5.91 Å². The highest BCUT2D eigenvalue weighted by Crippen LogP contribution is 2.22. The molecule has 2 heterocycles. The molecule has 1 aromatic heterocycles. The molecule has 0 unspecified atom stereocenters. The molecule has 1 saturated heterocycles. The van der Waals surface area contributed by atoms with E-state index in [0.717, 1.165) is 23.7 Å². The van der Waals surface area contributed by atoms with Crippen LogP contribution in [0.15, 0.2) is 24.3 Å². The van der Waals surface area contributed by atoms with E-state index in [2.05, 4.69) is 4.98 Å². The summed E-state index contributed by atoms with van der Waals surface area (Å²) in [6.45, 7) is 3.31. The number of likely N-dealkylation sites (tertiary alicyclic amines) is 1. The van der Waals surface area contributed by atoms with Crippen LogP contribution in [0.1, 0.15) is 28.9 Å². The maximum Gasteiger partial charge on any atom is 0.270 e. The summed E-state index contributed by atoms with van der Waals surface area (Å²) in [4.78, 5) is 31.4. The third kappa shape index (κ3) is 3.09. The number of rotatable bonds is 2. The van der Waals surface area contributed by atoms with Crippen molar-refractivity contribution in [2.24, 2.45) is 5.92 Å². The van der Waals surface area contributed by atoms with E-state index < -0.39 is 0 Å². The van der Waals surface area contributed by atoms with Crippen LogP contribution in [0.2, 0.25) is 0 Å². The first-order chi connectivity index (χ1) is 11.0. The van der Waals surface area contributed by atoms with Gasteiger partial charge in [-0.1, -0.05) is 12.1 Å². The summed E-state index contributed by atoms with van der Waals surface area (Å²) in [7, 11) is 3.57. The fourth-order valence-electron chi connectivity index (χ4n) is 3.22. The van der Waals surface area contributed by atoms with Crippen LogP contribution >= 0.6 is 0 Å². The first-order valence-electron chi connectivity index (χ1n) is 8.05. The number of nitrogens with one attached hydrogen (secondary N) is 1. The molecule has 0 aliphatic carbocycles. The molecule has 1 aliphatic heterocycles. The maximum absolute atomic E-state index is 12.7. The second kappa shape index (κ2) is 6.07. The fraction of sp³-hybridized carbons (Fsp3) is 0.444. The zero-order valence-electron chi connectivity index (χ0n) is 13.9. The SMILES string of the molecule is Cc1ccc2cc(C(=O)N3CCC(C(=O)N(C)C)CC3)[nH]c2c1. The van der Waals surface area contributed by atoms with Gasteiger partial charge in [0.25, 0.3) is 5.91 Å². The quantitative estimate of drug-likeness (QED) is 0.925. The van der Waals surface area contributed by atoms with E-state index in [1.54, 1.807) is 19.0 Å². The standard InChI is InChI=1S/C18H23N3O2/c1-12-4-5-14-11-16(19-15(14)10-12)18(23)21-8-6-13(7-9-21)17(22)20(2)3/h4-5,10-11,13,19H,6-9H2,1-3H3. The van der Waals surface area contributed by atoms with Crippen LogP contribution in [0.25, 0.3) is 10.9 Å². The zero-order valence-corrected chi connectivity index (χ0v) is 13.9. The number of fused-ring (bicyclic) bond motifs is 1. The molecule has 0 radical (unpaired) electrons. The normalized spacial score (nSPS) is 15.9. The minimum Gasteiger partial charge on any atom is -0.351 e. The summed E-state index contributed by atoms with van der Waals surface area (Å²) in [5.74, 6) is 0.229. The molecule has 5 heteroatoms. The number of aryl methyl sites for hydroxylation is 1. The van der Waals surface area contributed by atoms with Gasteiger partial charge in [0, 0.05) is 44.0 Å². The number of aromatic nitrogens is 1. The van der Waals surface area contributed by atoms with Gasteiger partial charge in [0.05, 0.1) is 0 Å². The molecule has 3 rings (SSSR count). The third-order valence-electron chi connectivity index (χ3n) is 4.58. The Hall–Kier alpha value is -2.30. The van der Waals surface area contributed by atoms with E-state index in [1.807, 2.05) is 36.1 Å². The molecule has 2 amide bonds. The minimum atomic E-state index is 0.0228. The number of hydrogen-bond donors (Lipinski definition) is 1. The van der Waals surface area contributed by atoms with E-state index in [-0.39, 0.29) is 17.7 Å². The predicted octanol–water partition coefficient (Wildman–Crippen LogP) is 2.42. The van der Waals surface area contributed by atoms with Gasteiger partial charge in [-0.2, -0.15) is 0 Å². The van der Waals surface area contributed by atoms with Crippen molar-refractivity contribution >= 4 is 22.7 Å². The van der Waals surface area contributed by atoms with Gasteiger partial charge in [0.1, 0.15) is 5.69 Å². The highest BCUT2D eigenvalue weighted by molar-refractivity contribution is 5.98. The molecular weight excluding hydrogens is 290 g/mol. The Morgan fingerprint density at radius 1 is 1.17 bits per heavy atom. The Balaban J connectivity index is 1.70. The number of carbonyl (C=O) groups excluding carboxylic acids is 2. The monoisotopic (exact) mass is 313 g/mol. The number of H-pyrrole nitrogens is 1. The molecule has 5 nitrogen and oxygen atoms in total. The molecule has 0 atom stereocenters. The largest absolute Gasteiger partial charge is 0.351 e. The van der Waals surface area contributed by atoms with Gasteiger partial charge in [0.15, 0.2) is 0 Å². The van der Waals surface area contributed by atoms with Crippen molar-refractivity contribution in [2.75, 3.05) is 27.2 Å². The number of benzene rings is 1. The van der Waals surface area contributed by atoms with Crippen molar-refractivity contribution in [1.29, 1.82) is 0 Å². The molecule has 2 aromatic rings. The lowest BCUT2D eigenvalue weighted by molar-refractivity contribution is -0.134. The second-order valence-corrected chi connectivity index (χ2v) is 6.57. The van der Waals surface area contributed by atoms with Gasteiger partial charge in [-0.05, 0) is 37.5 Å². The number of hydrogen-bond acceptors (Lipinski definition) is 2. The molecule has 1 aromatic carbocycles. The number of piperidine rings is 1. The molecule has 1 fully saturated rings. The summed E-state index contributed by atoms with van der Waals surface area (Å²) >= 11 is 0. The van der Waals surface area contributed by atoms with Crippen LogP contribution in [0, 0.1) is 12.8 Å². The van der Waals surface area contributed by atoms with Crippen molar-refractivity contribution in [3.63, 3.8) is 0 Å². The lowest BCUT2D eigenvalue weighted by Crippen LogP contribution is -2.42. The molecule has 23 heavy (non-hydrogen) atoms.